The van der Waals surface area contributed by atoms with Gasteiger partial charge in [0.1, 0.15) is 5.75 Å². The van der Waals surface area contributed by atoms with E-state index in [1.165, 1.54) is 28.6 Å². The zero-order valence-corrected chi connectivity index (χ0v) is 16.4. The first-order valence-corrected chi connectivity index (χ1v) is 11.5. The van der Waals surface area contributed by atoms with Gasteiger partial charge in [-0.25, -0.2) is 16.8 Å². The van der Waals surface area contributed by atoms with Crippen molar-refractivity contribution in [1.29, 1.82) is 0 Å². The van der Waals surface area contributed by atoms with E-state index in [4.69, 9.17) is 11.6 Å². The lowest BCUT2D eigenvalue weighted by Gasteiger charge is -2.18. The fourth-order valence-corrected chi connectivity index (χ4v) is 5.18. The molecule has 1 aliphatic rings. The maximum absolute atomic E-state index is 12.3. The van der Waals surface area contributed by atoms with Crippen LogP contribution in [0.25, 0.3) is 6.08 Å². The first kappa shape index (κ1) is 19.5. The van der Waals surface area contributed by atoms with Crippen LogP contribution in [0.4, 0.5) is 11.4 Å². The lowest BCUT2D eigenvalue weighted by Crippen LogP contribution is -2.25. The normalized spacial score (nSPS) is 16.7. The number of hydrogen-bond acceptors (Lipinski definition) is 5. The van der Waals surface area contributed by atoms with Gasteiger partial charge < -0.3 is 5.11 Å². The molecule has 0 aliphatic carbocycles. The number of halogens is 1. The second-order valence-electron chi connectivity index (χ2n) is 5.94. The smallest absolute Gasteiger partial charge is 0.255 e. The number of phenols is 1. The molecule has 0 bridgehead atoms. The summed E-state index contributed by atoms with van der Waals surface area (Å²) in [7, 11) is -7.34. The van der Waals surface area contributed by atoms with Crippen molar-refractivity contribution < 1.29 is 21.9 Å². The quantitative estimate of drug-likeness (QED) is 0.712. The molecule has 7 nitrogen and oxygen atoms in total. The summed E-state index contributed by atoms with van der Waals surface area (Å²) in [5.41, 5.74) is 0.825. The zero-order chi connectivity index (χ0) is 19.7. The molecular weight excluding hydrogens is 412 g/mol. The highest BCUT2D eigenvalue weighted by molar-refractivity contribution is 7.95. The number of nitrogens with one attached hydrogen (secondary N) is 1. The van der Waals surface area contributed by atoms with Gasteiger partial charge in [0.15, 0.2) is 0 Å². The van der Waals surface area contributed by atoms with Crippen LogP contribution in [0.3, 0.4) is 0 Å². The number of nitrogens with zero attached hydrogens (tertiary/aromatic N) is 1. The number of benzene rings is 2. The molecule has 2 N–H and O–H groups in total. The van der Waals surface area contributed by atoms with Crippen molar-refractivity contribution in [3.8, 4) is 5.75 Å². The van der Waals surface area contributed by atoms with E-state index in [1.54, 1.807) is 24.3 Å². The van der Waals surface area contributed by atoms with Crippen molar-refractivity contribution in [3.63, 3.8) is 0 Å². The number of anilines is 2. The topological polar surface area (TPSA) is 104 Å². The van der Waals surface area contributed by atoms with Gasteiger partial charge in [0.05, 0.1) is 22.5 Å². The lowest BCUT2D eigenvalue weighted by molar-refractivity contribution is 0.477. The van der Waals surface area contributed by atoms with Crippen molar-refractivity contribution in [2.75, 3.05) is 21.3 Å². The van der Waals surface area contributed by atoms with Crippen molar-refractivity contribution in [2.45, 2.75) is 6.42 Å². The second kappa shape index (κ2) is 7.41. The molecule has 0 saturated carbocycles. The number of aromatic hydroxyl groups is 1. The zero-order valence-electron chi connectivity index (χ0n) is 14.0. The van der Waals surface area contributed by atoms with Crippen molar-refractivity contribution in [1.82, 2.24) is 0 Å². The molecule has 0 radical (unpaired) electrons. The van der Waals surface area contributed by atoms with E-state index in [2.05, 4.69) is 4.72 Å². The molecule has 3 rings (SSSR count). The molecule has 0 spiro atoms. The third-order valence-electron chi connectivity index (χ3n) is 3.93. The molecule has 1 heterocycles. The Bertz CT molecular complexity index is 1080. The van der Waals surface area contributed by atoms with Crippen LogP contribution in [0.1, 0.15) is 12.0 Å². The highest BCUT2D eigenvalue weighted by Crippen LogP contribution is 2.32. The molecule has 0 atom stereocenters. The van der Waals surface area contributed by atoms with Crippen LogP contribution in [-0.2, 0) is 20.0 Å². The Labute approximate surface area is 163 Å². The minimum atomic E-state index is -3.93. The molecule has 0 unspecified atom stereocenters. The first-order valence-electron chi connectivity index (χ1n) is 7.96. The van der Waals surface area contributed by atoms with Gasteiger partial charge in [0, 0.05) is 11.6 Å². The standard InChI is InChI=1S/C17H17ClN2O5S2/c18-14-4-2-13(3-5-14)8-11-26(22,23)19-16-12-15(6-7-17(16)21)20-9-1-10-27(20,24)25/h2-8,11-12,19,21H,1,9-10H2/b11-8-. The van der Waals surface area contributed by atoms with Gasteiger partial charge in [-0.05, 0) is 48.4 Å². The third kappa shape index (κ3) is 4.74. The molecule has 1 fully saturated rings. The summed E-state index contributed by atoms with van der Waals surface area (Å²) in [4.78, 5) is 0. The predicted molar refractivity (Wildman–Crippen MR) is 107 cm³/mol. The highest BCUT2D eigenvalue weighted by atomic mass is 35.5. The average molecular weight is 429 g/mol. The van der Waals surface area contributed by atoms with Gasteiger partial charge in [-0.1, -0.05) is 23.7 Å². The van der Waals surface area contributed by atoms with E-state index in [9.17, 15) is 21.9 Å². The number of hydrogen-bond donors (Lipinski definition) is 2. The SMILES string of the molecule is O=S(=O)(/C=C\c1ccc(Cl)cc1)Nc1cc(N2CCCS2(=O)=O)ccc1O. The Morgan fingerprint density at radius 3 is 2.48 bits per heavy atom. The summed E-state index contributed by atoms with van der Waals surface area (Å²) >= 11 is 5.79. The largest absolute Gasteiger partial charge is 0.506 e. The molecule has 0 amide bonds. The maximum Gasteiger partial charge on any atom is 0.255 e. The average Bonchev–Trinajstić information content (AvgIpc) is 2.95. The Hall–Kier alpha value is -2.23. The van der Waals surface area contributed by atoms with Crippen LogP contribution in [0, 0.1) is 0 Å². The molecule has 1 saturated heterocycles. The minimum absolute atomic E-state index is 0.0404. The predicted octanol–water partition coefficient (Wildman–Crippen LogP) is 3.00. The number of phenolic OH excluding ortho intramolecular Hbond substituents is 1. The van der Waals surface area contributed by atoms with Crippen LogP contribution in [0.2, 0.25) is 5.02 Å². The van der Waals surface area contributed by atoms with Gasteiger partial charge in [0.2, 0.25) is 10.0 Å². The van der Waals surface area contributed by atoms with E-state index < -0.39 is 20.0 Å². The van der Waals surface area contributed by atoms with E-state index >= 15 is 0 Å². The molecule has 27 heavy (non-hydrogen) atoms. The van der Waals surface area contributed by atoms with E-state index in [-0.39, 0.29) is 17.2 Å². The summed E-state index contributed by atoms with van der Waals surface area (Å²) in [6.07, 6.45) is 1.87. The maximum atomic E-state index is 12.3. The van der Waals surface area contributed by atoms with E-state index in [0.29, 0.717) is 29.2 Å². The third-order valence-corrected chi connectivity index (χ3v) is 7.05. The van der Waals surface area contributed by atoms with Crippen LogP contribution in [-0.4, -0.2) is 34.2 Å². The van der Waals surface area contributed by atoms with E-state index in [0.717, 1.165) is 5.41 Å². The number of rotatable bonds is 5. The Morgan fingerprint density at radius 2 is 1.85 bits per heavy atom. The minimum Gasteiger partial charge on any atom is -0.506 e. The molecule has 10 heteroatoms. The lowest BCUT2D eigenvalue weighted by atomic mass is 10.2. The van der Waals surface area contributed by atoms with Gasteiger partial charge in [-0.3, -0.25) is 9.03 Å². The Kier molecular flexibility index (Phi) is 5.36. The molecular formula is C17H17ClN2O5S2. The highest BCUT2D eigenvalue weighted by Gasteiger charge is 2.29. The molecule has 1 aliphatic heterocycles. The van der Waals surface area contributed by atoms with Crippen LogP contribution in [0.15, 0.2) is 47.9 Å². The number of sulfonamides is 2. The summed E-state index contributed by atoms with van der Waals surface area (Å²) in [6, 6.07) is 10.6. The monoisotopic (exact) mass is 428 g/mol. The first-order chi connectivity index (χ1) is 12.7. The van der Waals surface area contributed by atoms with Gasteiger partial charge in [-0.2, -0.15) is 0 Å². The fraction of sp³-hybridized carbons (Fsp3) is 0.176. The van der Waals surface area contributed by atoms with Crippen molar-refractivity contribution in [2.24, 2.45) is 0 Å². The van der Waals surface area contributed by atoms with Crippen LogP contribution in [0.5, 0.6) is 5.75 Å². The van der Waals surface area contributed by atoms with Crippen LogP contribution < -0.4 is 9.03 Å². The van der Waals surface area contributed by atoms with Crippen molar-refractivity contribution in [3.05, 3.63) is 58.5 Å². The van der Waals surface area contributed by atoms with E-state index in [1.807, 2.05) is 0 Å². The molecule has 0 aromatic heterocycles. The summed E-state index contributed by atoms with van der Waals surface area (Å²) < 4.78 is 52.1. The van der Waals surface area contributed by atoms with Crippen LogP contribution >= 0.6 is 11.6 Å². The molecule has 144 valence electrons. The fourth-order valence-electron chi connectivity index (χ4n) is 2.62. The van der Waals surface area contributed by atoms with Gasteiger partial charge in [-0.15, -0.1) is 0 Å². The molecule has 2 aromatic rings. The molecule has 2 aromatic carbocycles. The second-order valence-corrected chi connectivity index (χ2v) is 9.96. The van der Waals surface area contributed by atoms with Crippen molar-refractivity contribution >= 4 is 49.1 Å². The van der Waals surface area contributed by atoms with Gasteiger partial charge >= 0.3 is 0 Å². The Balaban J connectivity index is 1.83. The summed E-state index contributed by atoms with van der Waals surface area (Å²) in [5, 5.41) is 11.4. The Morgan fingerprint density at radius 1 is 1.15 bits per heavy atom. The van der Waals surface area contributed by atoms with Gasteiger partial charge in [0.25, 0.3) is 10.0 Å². The summed E-state index contributed by atoms with van der Waals surface area (Å²) in [5.74, 6) is -0.266. The summed E-state index contributed by atoms with van der Waals surface area (Å²) in [6.45, 7) is 0.315.